The molecule has 5 heteroatoms. The number of rotatable bonds is 7. The molecule has 0 heterocycles. The van der Waals surface area contributed by atoms with Gasteiger partial charge in [0.25, 0.3) is 0 Å². The van der Waals surface area contributed by atoms with E-state index in [1.54, 1.807) is 6.07 Å². The normalized spacial score (nSPS) is 14.2. The number of benzene rings is 1. The number of aliphatic hydroxyl groups is 1. The molecule has 1 unspecified atom stereocenters. The lowest BCUT2D eigenvalue weighted by Gasteiger charge is -2.28. The lowest BCUT2D eigenvalue weighted by Crippen LogP contribution is -2.43. The average Bonchev–Trinajstić information content (AvgIpc) is 2.36. The number of unbranched alkanes of at least 4 members (excludes halogenated alkanes) is 1. The van der Waals surface area contributed by atoms with Crippen molar-refractivity contribution in [2.45, 2.75) is 24.7 Å². The molecule has 0 saturated heterocycles. The maximum absolute atomic E-state index is 13.8. The first-order chi connectivity index (χ1) is 8.58. The maximum Gasteiger partial charge on any atom is 0.315 e. The fourth-order valence-electron chi connectivity index (χ4n) is 2.04. The van der Waals surface area contributed by atoms with Gasteiger partial charge in [-0.15, -0.1) is 0 Å². The maximum atomic E-state index is 13.8. The molecule has 4 N–H and O–H groups in total. The van der Waals surface area contributed by atoms with Crippen LogP contribution in [0.15, 0.2) is 24.3 Å². The standard InChI is InChI=1S/C13H18FNO3/c14-11-6-2-1-5-10(11)13(9-15,12(17)18)7-3-4-8-16/h1-2,5-6,16H,3-4,7-9,15H2,(H,17,18). The third-order valence-corrected chi connectivity index (χ3v) is 3.16. The van der Waals surface area contributed by atoms with Gasteiger partial charge < -0.3 is 15.9 Å². The first-order valence-electron chi connectivity index (χ1n) is 5.88. The van der Waals surface area contributed by atoms with Crippen molar-refractivity contribution in [3.8, 4) is 0 Å². The highest BCUT2D eigenvalue weighted by molar-refractivity contribution is 5.81. The predicted octanol–water partition coefficient (Wildman–Crippen LogP) is 1.27. The highest BCUT2D eigenvalue weighted by Crippen LogP contribution is 2.31. The summed E-state index contributed by atoms with van der Waals surface area (Å²) in [4.78, 5) is 11.5. The van der Waals surface area contributed by atoms with Gasteiger partial charge >= 0.3 is 5.97 Å². The first kappa shape index (κ1) is 14.6. The van der Waals surface area contributed by atoms with Gasteiger partial charge in [-0.25, -0.2) is 4.39 Å². The van der Waals surface area contributed by atoms with E-state index >= 15 is 0 Å². The van der Waals surface area contributed by atoms with Crippen LogP contribution in [0.25, 0.3) is 0 Å². The van der Waals surface area contributed by atoms with Gasteiger partial charge in [0.1, 0.15) is 11.2 Å². The third kappa shape index (κ3) is 2.86. The average molecular weight is 255 g/mol. The Hall–Kier alpha value is -1.46. The summed E-state index contributed by atoms with van der Waals surface area (Å²) in [5.41, 5.74) is 4.27. The van der Waals surface area contributed by atoms with E-state index in [1.165, 1.54) is 18.2 Å². The van der Waals surface area contributed by atoms with Crippen molar-refractivity contribution < 1.29 is 19.4 Å². The Morgan fingerprint density at radius 2 is 2.00 bits per heavy atom. The number of carboxylic acids is 1. The molecule has 1 rings (SSSR count). The summed E-state index contributed by atoms with van der Waals surface area (Å²) < 4.78 is 13.8. The van der Waals surface area contributed by atoms with Crippen molar-refractivity contribution in [3.63, 3.8) is 0 Å². The molecular weight excluding hydrogens is 237 g/mol. The fourth-order valence-corrected chi connectivity index (χ4v) is 2.04. The molecule has 1 aromatic carbocycles. The molecule has 0 aliphatic heterocycles. The summed E-state index contributed by atoms with van der Waals surface area (Å²) in [6, 6.07) is 5.79. The highest BCUT2D eigenvalue weighted by atomic mass is 19.1. The second-order valence-electron chi connectivity index (χ2n) is 4.25. The lowest BCUT2D eigenvalue weighted by molar-refractivity contribution is -0.144. The third-order valence-electron chi connectivity index (χ3n) is 3.16. The Balaban J connectivity index is 3.11. The molecule has 0 saturated carbocycles. The molecule has 0 amide bonds. The SMILES string of the molecule is NCC(CCCCO)(C(=O)O)c1ccccc1F. The van der Waals surface area contributed by atoms with E-state index in [0.717, 1.165) is 0 Å². The Kier molecular flexibility index (Phi) is 5.25. The number of nitrogens with two attached hydrogens (primary N) is 1. The van der Waals surface area contributed by atoms with E-state index < -0.39 is 17.2 Å². The van der Waals surface area contributed by atoms with E-state index in [4.69, 9.17) is 10.8 Å². The van der Waals surface area contributed by atoms with Crippen molar-refractivity contribution >= 4 is 5.97 Å². The Bertz CT molecular complexity index is 411. The molecule has 4 nitrogen and oxygen atoms in total. The van der Waals surface area contributed by atoms with Crippen molar-refractivity contribution in [1.82, 2.24) is 0 Å². The number of aliphatic carboxylic acids is 1. The minimum Gasteiger partial charge on any atom is -0.481 e. The molecule has 0 aliphatic carbocycles. The second-order valence-corrected chi connectivity index (χ2v) is 4.25. The molecule has 0 aromatic heterocycles. The summed E-state index contributed by atoms with van der Waals surface area (Å²) in [7, 11) is 0. The molecule has 0 bridgehead atoms. The van der Waals surface area contributed by atoms with Gasteiger partial charge in [-0.2, -0.15) is 0 Å². The molecule has 1 aromatic rings. The van der Waals surface area contributed by atoms with Gasteiger partial charge in [0.15, 0.2) is 0 Å². The first-order valence-corrected chi connectivity index (χ1v) is 5.88. The van der Waals surface area contributed by atoms with Crippen molar-refractivity contribution in [2.75, 3.05) is 13.2 Å². The minimum atomic E-state index is -1.42. The van der Waals surface area contributed by atoms with Gasteiger partial charge in [0, 0.05) is 18.7 Å². The zero-order chi connectivity index (χ0) is 13.6. The summed E-state index contributed by atoms with van der Waals surface area (Å²) in [6.07, 6.45) is 1.16. The monoisotopic (exact) mass is 255 g/mol. The molecule has 0 spiro atoms. The van der Waals surface area contributed by atoms with Crippen molar-refractivity contribution in [2.24, 2.45) is 5.73 Å². The number of carboxylic acid groups (broad SMARTS) is 1. The van der Waals surface area contributed by atoms with Crippen LogP contribution in [0.2, 0.25) is 0 Å². The van der Waals surface area contributed by atoms with E-state index in [9.17, 15) is 14.3 Å². The topological polar surface area (TPSA) is 83.5 Å². The van der Waals surface area contributed by atoms with Gasteiger partial charge in [-0.05, 0) is 25.3 Å². The molecule has 1 atom stereocenters. The van der Waals surface area contributed by atoms with Crippen LogP contribution in [0.3, 0.4) is 0 Å². The Morgan fingerprint density at radius 3 is 2.50 bits per heavy atom. The van der Waals surface area contributed by atoms with E-state index in [2.05, 4.69) is 0 Å². The summed E-state index contributed by atoms with van der Waals surface area (Å²) in [5, 5.41) is 18.1. The number of hydrogen-bond donors (Lipinski definition) is 3. The lowest BCUT2D eigenvalue weighted by atomic mass is 9.76. The summed E-state index contributed by atoms with van der Waals surface area (Å²) in [5.74, 6) is -1.69. The van der Waals surface area contributed by atoms with E-state index in [1.807, 2.05) is 0 Å². The summed E-state index contributed by atoms with van der Waals surface area (Å²) in [6.45, 7) is -0.188. The van der Waals surface area contributed by atoms with Crippen LogP contribution in [0.4, 0.5) is 4.39 Å². The van der Waals surface area contributed by atoms with Gasteiger partial charge in [0.05, 0.1) is 0 Å². The molecule has 0 fully saturated rings. The van der Waals surface area contributed by atoms with Crippen molar-refractivity contribution in [3.05, 3.63) is 35.6 Å². The number of hydrogen-bond acceptors (Lipinski definition) is 3. The fraction of sp³-hybridized carbons (Fsp3) is 0.462. The summed E-state index contributed by atoms with van der Waals surface area (Å²) >= 11 is 0. The van der Waals surface area contributed by atoms with Crippen LogP contribution in [-0.4, -0.2) is 29.3 Å². The van der Waals surface area contributed by atoms with E-state index in [0.29, 0.717) is 12.8 Å². The van der Waals surface area contributed by atoms with Gasteiger partial charge in [0.2, 0.25) is 0 Å². The predicted molar refractivity (Wildman–Crippen MR) is 65.7 cm³/mol. The highest BCUT2D eigenvalue weighted by Gasteiger charge is 2.40. The van der Waals surface area contributed by atoms with Gasteiger partial charge in [-0.3, -0.25) is 4.79 Å². The second kappa shape index (κ2) is 6.47. The largest absolute Gasteiger partial charge is 0.481 e. The number of aliphatic hydroxyl groups excluding tert-OH is 1. The van der Waals surface area contributed by atoms with Crippen LogP contribution < -0.4 is 5.73 Å². The molecule has 0 radical (unpaired) electrons. The zero-order valence-corrected chi connectivity index (χ0v) is 10.1. The molecule has 0 aliphatic rings. The molecule has 18 heavy (non-hydrogen) atoms. The van der Waals surface area contributed by atoms with Crippen LogP contribution >= 0.6 is 0 Å². The van der Waals surface area contributed by atoms with Crippen LogP contribution in [0.1, 0.15) is 24.8 Å². The van der Waals surface area contributed by atoms with Crippen LogP contribution in [0, 0.1) is 5.82 Å². The van der Waals surface area contributed by atoms with E-state index in [-0.39, 0.29) is 25.1 Å². The Morgan fingerprint density at radius 1 is 1.33 bits per heavy atom. The molecular formula is C13H18FNO3. The smallest absolute Gasteiger partial charge is 0.315 e. The minimum absolute atomic E-state index is 0.0163. The quantitative estimate of drug-likeness (QED) is 0.641. The number of carbonyl (C=O) groups is 1. The Labute approximate surface area is 105 Å². The van der Waals surface area contributed by atoms with Crippen LogP contribution in [-0.2, 0) is 10.2 Å². The van der Waals surface area contributed by atoms with Crippen molar-refractivity contribution in [1.29, 1.82) is 0 Å². The van der Waals surface area contributed by atoms with Gasteiger partial charge in [-0.1, -0.05) is 18.2 Å². The molecule has 100 valence electrons. The zero-order valence-electron chi connectivity index (χ0n) is 10.1. The van der Waals surface area contributed by atoms with Crippen LogP contribution in [0.5, 0.6) is 0 Å². The number of halogens is 1.